The van der Waals surface area contributed by atoms with Gasteiger partial charge in [-0.1, -0.05) is 24.3 Å². The smallest absolute Gasteiger partial charge is 0.257 e. The van der Waals surface area contributed by atoms with Crippen LogP contribution in [0.15, 0.2) is 42.5 Å². The van der Waals surface area contributed by atoms with Gasteiger partial charge in [-0.05, 0) is 48.6 Å². The Bertz CT molecular complexity index is 1150. The van der Waals surface area contributed by atoms with Gasteiger partial charge in [0.05, 0.1) is 24.1 Å². The summed E-state index contributed by atoms with van der Waals surface area (Å²) in [5, 5.41) is 2.71. The lowest BCUT2D eigenvalue weighted by atomic mass is 9.94. The standard InChI is InChI=1S/C27H31N3O5/c1-17(31)28-20-7-10-24-22(13-20)27(33)29(2)23-9-8-21(35-25(23)16-34-24)14-26(32)30-12-11-18-5-3-4-6-19(18)15-30/h3-7,10,13,21,23,25H,8-9,11-12,14-16H2,1-2H3,(H,28,31)/t21-,23+,25-/m0/s1. The van der Waals surface area contributed by atoms with Gasteiger partial charge in [0, 0.05) is 32.7 Å². The normalized spacial score (nSPS) is 23.7. The van der Waals surface area contributed by atoms with Crippen molar-refractivity contribution in [2.45, 2.75) is 57.4 Å². The predicted molar refractivity (Wildman–Crippen MR) is 130 cm³/mol. The second-order valence-electron chi connectivity index (χ2n) is 9.60. The first kappa shape index (κ1) is 23.4. The van der Waals surface area contributed by atoms with Crippen LogP contribution < -0.4 is 10.1 Å². The highest BCUT2D eigenvalue weighted by Crippen LogP contribution is 2.33. The fourth-order valence-electron chi connectivity index (χ4n) is 5.34. The Labute approximate surface area is 205 Å². The van der Waals surface area contributed by atoms with Gasteiger partial charge in [0.25, 0.3) is 5.91 Å². The van der Waals surface area contributed by atoms with E-state index in [0.717, 1.165) is 19.4 Å². The molecule has 3 amide bonds. The topological polar surface area (TPSA) is 88.2 Å². The highest BCUT2D eigenvalue weighted by atomic mass is 16.5. The number of nitrogens with zero attached hydrogens (tertiary/aromatic N) is 2. The Balaban J connectivity index is 1.25. The highest BCUT2D eigenvalue weighted by Gasteiger charge is 2.39. The number of carbonyl (C=O) groups excluding carboxylic acids is 3. The average Bonchev–Trinajstić information content (AvgIpc) is 2.86. The Morgan fingerprint density at radius 2 is 1.91 bits per heavy atom. The minimum absolute atomic E-state index is 0.106. The van der Waals surface area contributed by atoms with Crippen molar-refractivity contribution in [3.05, 3.63) is 59.2 Å². The maximum atomic E-state index is 13.3. The Morgan fingerprint density at radius 1 is 1.11 bits per heavy atom. The monoisotopic (exact) mass is 477 g/mol. The lowest BCUT2D eigenvalue weighted by Gasteiger charge is -2.42. The number of ether oxygens (including phenoxy) is 2. The van der Waals surface area contributed by atoms with E-state index in [-0.39, 0.29) is 42.6 Å². The minimum atomic E-state index is -0.319. The van der Waals surface area contributed by atoms with Crippen LogP contribution in [0.3, 0.4) is 0 Å². The fraction of sp³-hybridized carbons (Fsp3) is 0.444. The number of benzene rings is 2. The predicted octanol–water partition coefficient (Wildman–Crippen LogP) is 3.00. The molecule has 184 valence electrons. The van der Waals surface area contributed by atoms with Gasteiger partial charge in [-0.15, -0.1) is 0 Å². The first-order chi connectivity index (χ1) is 16.9. The lowest BCUT2D eigenvalue weighted by Crippen LogP contribution is -2.54. The van der Waals surface area contributed by atoms with Crippen molar-refractivity contribution in [1.29, 1.82) is 0 Å². The van der Waals surface area contributed by atoms with E-state index in [1.54, 1.807) is 30.1 Å². The molecule has 3 atom stereocenters. The van der Waals surface area contributed by atoms with Crippen LogP contribution in [0.25, 0.3) is 0 Å². The molecule has 0 aliphatic carbocycles. The molecule has 8 heteroatoms. The van der Waals surface area contributed by atoms with E-state index in [0.29, 0.717) is 36.4 Å². The number of hydrogen-bond donors (Lipinski definition) is 1. The molecular weight excluding hydrogens is 446 g/mol. The third-order valence-corrected chi connectivity index (χ3v) is 7.22. The third kappa shape index (κ3) is 4.89. The first-order valence-electron chi connectivity index (χ1n) is 12.2. The Hall–Kier alpha value is -3.39. The second kappa shape index (κ2) is 9.70. The van der Waals surface area contributed by atoms with Crippen molar-refractivity contribution >= 4 is 23.4 Å². The van der Waals surface area contributed by atoms with Crippen molar-refractivity contribution < 1.29 is 23.9 Å². The van der Waals surface area contributed by atoms with E-state index in [1.165, 1.54) is 18.1 Å². The molecular formula is C27H31N3O5. The zero-order chi connectivity index (χ0) is 24.5. The summed E-state index contributed by atoms with van der Waals surface area (Å²) in [6.45, 7) is 3.09. The lowest BCUT2D eigenvalue weighted by molar-refractivity contribution is -0.143. The highest BCUT2D eigenvalue weighted by molar-refractivity contribution is 5.99. The molecule has 2 aromatic rings. The van der Waals surface area contributed by atoms with Gasteiger partial charge in [0.2, 0.25) is 11.8 Å². The molecule has 0 unspecified atom stereocenters. The van der Waals surface area contributed by atoms with Crippen LogP contribution in [0.4, 0.5) is 5.69 Å². The molecule has 1 fully saturated rings. The molecule has 8 nitrogen and oxygen atoms in total. The van der Waals surface area contributed by atoms with Gasteiger partial charge >= 0.3 is 0 Å². The molecule has 3 heterocycles. The summed E-state index contributed by atoms with van der Waals surface area (Å²) in [4.78, 5) is 41.4. The van der Waals surface area contributed by atoms with E-state index in [4.69, 9.17) is 9.47 Å². The summed E-state index contributed by atoms with van der Waals surface area (Å²) in [5.41, 5.74) is 3.50. The number of rotatable bonds is 3. The molecule has 35 heavy (non-hydrogen) atoms. The van der Waals surface area contributed by atoms with Crippen molar-refractivity contribution in [1.82, 2.24) is 9.80 Å². The third-order valence-electron chi connectivity index (χ3n) is 7.22. The van der Waals surface area contributed by atoms with Gasteiger partial charge in [0.15, 0.2) is 0 Å². The van der Waals surface area contributed by atoms with Crippen molar-refractivity contribution in [3.8, 4) is 5.75 Å². The van der Waals surface area contributed by atoms with Crippen molar-refractivity contribution in [3.63, 3.8) is 0 Å². The summed E-state index contributed by atoms with van der Waals surface area (Å²) >= 11 is 0. The molecule has 1 N–H and O–H groups in total. The molecule has 5 rings (SSSR count). The molecule has 3 aliphatic rings. The van der Waals surface area contributed by atoms with E-state index in [9.17, 15) is 14.4 Å². The van der Waals surface area contributed by atoms with Gasteiger partial charge in [-0.3, -0.25) is 14.4 Å². The Kier molecular flexibility index (Phi) is 6.47. The summed E-state index contributed by atoms with van der Waals surface area (Å²) in [6, 6.07) is 13.2. The van der Waals surface area contributed by atoms with Gasteiger partial charge in [0.1, 0.15) is 18.5 Å². The van der Waals surface area contributed by atoms with Gasteiger partial charge < -0.3 is 24.6 Å². The molecule has 0 aromatic heterocycles. The number of carbonyl (C=O) groups is 3. The molecule has 0 bridgehead atoms. The van der Waals surface area contributed by atoms with Crippen LogP contribution in [0, 0.1) is 0 Å². The van der Waals surface area contributed by atoms with E-state index in [1.807, 2.05) is 17.0 Å². The largest absolute Gasteiger partial charge is 0.490 e. The van der Waals surface area contributed by atoms with Crippen LogP contribution in [0.5, 0.6) is 5.75 Å². The van der Waals surface area contributed by atoms with Crippen molar-refractivity contribution in [2.24, 2.45) is 0 Å². The summed E-state index contributed by atoms with van der Waals surface area (Å²) in [5.74, 6) is 0.192. The number of nitrogens with one attached hydrogen (secondary N) is 1. The zero-order valence-electron chi connectivity index (χ0n) is 20.2. The van der Waals surface area contributed by atoms with Gasteiger partial charge in [-0.2, -0.15) is 0 Å². The number of likely N-dealkylation sites (N-methyl/N-ethyl adjacent to an activating group) is 1. The average molecular weight is 478 g/mol. The maximum absolute atomic E-state index is 13.3. The number of anilines is 1. The van der Waals surface area contributed by atoms with E-state index in [2.05, 4.69) is 17.4 Å². The van der Waals surface area contributed by atoms with Crippen LogP contribution >= 0.6 is 0 Å². The fourth-order valence-corrected chi connectivity index (χ4v) is 5.34. The Morgan fingerprint density at radius 3 is 2.71 bits per heavy atom. The number of hydrogen-bond acceptors (Lipinski definition) is 5. The number of amides is 3. The zero-order valence-corrected chi connectivity index (χ0v) is 20.2. The maximum Gasteiger partial charge on any atom is 0.257 e. The van der Waals surface area contributed by atoms with Crippen LogP contribution in [0.2, 0.25) is 0 Å². The molecule has 3 aliphatic heterocycles. The SMILES string of the molecule is CC(=O)Nc1ccc2c(c1)C(=O)N(C)[C@@H]1CC[C@@H](CC(=O)N3CCc4ccccc4C3)O[C@H]1CO2. The first-order valence-corrected chi connectivity index (χ1v) is 12.2. The molecule has 0 spiro atoms. The van der Waals surface area contributed by atoms with Crippen LogP contribution in [0.1, 0.15) is 47.7 Å². The van der Waals surface area contributed by atoms with Crippen LogP contribution in [-0.4, -0.2) is 66.0 Å². The summed E-state index contributed by atoms with van der Waals surface area (Å²) < 4.78 is 12.3. The summed E-state index contributed by atoms with van der Waals surface area (Å²) in [7, 11) is 1.78. The quantitative estimate of drug-likeness (QED) is 0.734. The summed E-state index contributed by atoms with van der Waals surface area (Å²) in [6.07, 6.45) is 2.13. The molecule has 0 radical (unpaired) electrons. The second-order valence-corrected chi connectivity index (χ2v) is 9.60. The van der Waals surface area contributed by atoms with E-state index >= 15 is 0 Å². The number of fused-ring (bicyclic) bond motifs is 3. The molecule has 0 saturated carbocycles. The van der Waals surface area contributed by atoms with Gasteiger partial charge in [-0.25, -0.2) is 0 Å². The molecule has 1 saturated heterocycles. The molecule has 2 aromatic carbocycles. The minimum Gasteiger partial charge on any atom is -0.490 e. The van der Waals surface area contributed by atoms with Crippen LogP contribution in [-0.2, 0) is 27.3 Å². The van der Waals surface area contributed by atoms with Crippen molar-refractivity contribution in [2.75, 3.05) is 25.5 Å². The van der Waals surface area contributed by atoms with E-state index < -0.39 is 0 Å².